The van der Waals surface area contributed by atoms with Crippen LogP contribution in [0.1, 0.15) is 12.8 Å². The van der Waals surface area contributed by atoms with Crippen molar-refractivity contribution in [1.29, 1.82) is 0 Å². The highest BCUT2D eigenvalue weighted by Crippen LogP contribution is 2.49. The Morgan fingerprint density at radius 3 is 2.13 bits per heavy atom. The number of hydrogen-bond donors (Lipinski definition) is 2. The molecular formula is C7H11ClF3NO3. The van der Waals surface area contributed by atoms with E-state index in [0.29, 0.717) is 0 Å². The van der Waals surface area contributed by atoms with E-state index in [9.17, 15) is 18.0 Å². The second kappa shape index (κ2) is 3.80. The van der Waals surface area contributed by atoms with E-state index in [2.05, 4.69) is 4.74 Å². The molecule has 0 unspecified atom stereocenters. The third kappa shape index (κ3) is 2.19. The van der Waals surface area contributed by atoms with Crippen LogP contribution in [0, 0.1) is 0 Å². The second-order valence-corrected chi connectivity index (χ2v) is 3.53. The highest BCUT2D eigenvalue weighted by atomic mass is 35.5. The molecule has 1 aliphatic carbocycles. The third-order valence-electron chi connectivity index (χ3n) is 2.34. The number of methoxy groups -OCH3 is 1. The first-order chi connectivity index (χ1) is 6.15. The standard InChI is InChI=1S/C7H10F3NO3.ClH/c1-14-4(12)5(11)2-6(13,3-5)7(8,9)10;/h13H,2-3,11H2,1H3;1H. The van der Waals surface area contributed by atoms with E-state index in [1.54, 1.807) is 0 Å². The zero-order valence-corrected chi connectivity index (χ0v) is 8.61. The van der Waals surface area contributed by atoms with E-state index in [1.807, 2.05) is 0 Å². The summed E-state index contributed by atoms with van der Waals surface area (Å²) in [5, 5.41) is 9.01. The van der Waals surface area contributed by atoms with Gasteiger partial charge in [0.25, 0.3) is 0 Å². The Bertz CT molecular complexity index is 263. The van der Waals surface area contributed by atoms with Gasteiger partial charge in [-0.15, -0.1) is 12.4 Å². The van der Waals surface area contributed by atoms with Crippen molar-refractivity contribution >= 4 is 18.4 Å². The van der Waals surface area contributed by atoms with Gasteiger partial charge in [0.05, 0.1) is 7.11 Å². The lowest BCUT2D eigenvalue weighted by molar-refractivity contribution is -0.300. The summed E-state index contributed by atoms with van der Waals surface area (Å²) in [6.45, 7) is 0. The van der Waals surface area contributed by atoms with Crippen LogP contribution in [0.5, 0.6) is 0 Å². The summed E-state index contributed by atoms with van der Waals surface area (Å²) in [6, 6.07) is 0. The summed E-state index contributed by atoms with van der Waals surface area (Å²) in [7, 11) is 1.03. The summed E-state index contributed by atoms with van der Waals surface area (Å²) >= 11 is 0. The zero-order chi connectivity index (χ0) is 11.2. The number of aliphatic hydroxyl groups is 1. The van der Waals surface area contributed by atoms with E-state index in [4.69, 9.17) is 10.8 Å². The number of esters is 1. The van der Waals surface area contributed by atoms with Crippen molar-refractivity contribution in [3.63, 3.8) is 0 Å². The van der Waals surface area contributed by atoms with Gasteiger partial charge in [-0.05, 0) is 0 Å². The fourth-order valence-corrected chi connectivity index (χ4v) is 1.54. The number of carbonyl (C=O) groups is 1. The fraction of sp³-hybridized carbons (Fsp3) is 0.857. The van der Waals surface area contributed by atoms with Crippen molar-refractivity contribution in [3.05, 3.63) is 0 Å². The number of hydrogen-bond acceptors (Lipinski definition) is 4. The van der Waals surface area contributed by atoms with Gasteiger partial charge in [-0.1, -0.05) is 0 Å². The lowest BCUT2D eigenvalue weighted by Gasteiger charge is -2.49. The molecule has 0 aromatic heterocycles. The minimum atomic E-state index is -4.76. The number of alkyl halides is 3. The molecule has 0 aromatic rings. The van der Waals surface area contributed by atoms with Crippen LogP contribution in [-0.4, -0.2) is 35.5 Å². The second-order valence-electron chi connectivity index (χ2n) is 3.53. The Morgan fingerprint density at radius 1 is 1.47 bits per heavy atom. The quantitative estimate of drug-likeness (QED) is 0.659. The van der Waals surface area contributed by atoms with E-state index < -0.39 is 36.1 Å². The van der Waals surface area contributed by atoms with Crippen LogP contribution < -0.4 is 5.73 Å². The van der Waals surface area contributed by atoms with Gasteiger partial charge in [0.2, 0.25) is 0 Å². The molecule has 0 aromatic carbocycles. The molecule has 1 fully saturated rings. The van der Waals surface area contributed by atoms with Gasteiger partial charge in [-0.3, -0.25) is 4.79 Å². The Balaban J connectivity index is 0.00000196. The van der Waals surface area contributed by atoms with Crippen molar-refractivity contribution in [2.45, 2.75) is 30.2 Å². The van der Waals surface area contributed by atoms with Crippen molar-refractivity contribution < 1.29 is 27.8 Å². The average molecular weight is 250 g/mol. The van der Waals surface area contributed by atoms with Gasteiger partial charge in [0, 0.05) is 12.8 Å². The molecule has 1 saturated carbocycles. The van der Waals surface area contributed by atoms with Gasteiger partial charge >= 0.3 is 12.1 Å². The third-order valence-corrected chi connectivity index (χ3v) is 2.34. The molecule has 0 heterocycles. The number of carbonyl (C=O) groups excluding carboxylic acids is 1. The van der Waals surface area contributed by atoms with Gasteiger partial charge in [-0.2, -0.15) is 13.2 Å². The summed E-state index contributed by atoms with van der Waals surface area (Å²) in [6.07, 6.45) is -6.46. The van der Waals surface area contributed by atoms with Crippen LogP contribution in [0.4, 0.5) is 13.2 Å². The van der Waals surface area contributed by atoms with Gasteiger partial charge in [0.1, 0.15) is 5.54 Å². The molecule has 0 bridgehead atoms. The van der Waals surface area contributed by atoms with Crippen molar-refractivity contribution in [1.82, 2.24) is 0 Å². The minimum Gasteiger partial charge on any atom is -0.468 e. The van der Waals surface area contributed by atoms with E-state index in [-0.39, 0.29) is 12.4 Å². The maximum Gasteiger partial charge on any atom is 0.417 e. The Labute approximate surface area is 90.0 Å². The maximum absolute atomic E-state index is 12.1. The van der Waals surface area contributed by atoms with Crippen LogP contribution in [-0.2, 0) is 9.53 Å². The van der Waals surface area contributed by atoms with Crippen LogP contribution in [0.2, 0.25) is 0 Å². The lowest BCUT2D eigenvalue weighted by Crippen LogP contribution is -2.71. The first-order valence-corrected chi connectivity index (χ1v) is 3.81. The molecule has 0 amide bonds. The van der Waals surface area contributed by atoms with E-state index in [0.717, 1.165) is 7.11 Å². The maximum atomic E-state index is 12.1. The fourth-order valence-electron chi connectivity index (χ4n) is 1.54. The summed E-state index contributed by atoms with van der Waals surface area (Å²) in [5.41, 5.74) is 0.734. The highest BCUT2D eigenvalue weighted by Gasteiger charge is 2.69. The summed E-state index contributed by atoms with van der Waals surface area (Å²) in [4.78, 5) is 10.9. The topological polar surface area (TPSA) is 72.5 Å². The smallest absolute Gasteiger partial charge is 0.417 e. The van der Waals surface area contributed by atoms with Crippen LogP contribution in [0.3, 0.4) is 0 Å². The van der Waals surface area contributed by atoms with Crippen LogP contribution >= 0.6 is 12.4 Å². The average Bonchev–Trinajstić information content (AvgIpc) is 1.98. The normalized spacial score (nSPS) is 35.1. The Kier molecular flexibility index (Phi) is 3.67. The van der Waals surface area contributed by atoms with Crippen molar-refractivity contribution in [2.24, 2.45) is 5.73 Å². The summed E-state index contributed by atoms with van der Waals surface area (Å²) in [5.74, 6) is -0.938. The molecule has 3 N–H and O–H groups in total. The molecule has 0 atom stereocenters. The largest absolute Gasteiger partial charge is 0.468 e. The molecule has 90 valence electrons. The van der Waals surface area contributed by atoms with Gasteiger partial charge in [-0.25, -0.2) is 0 Å². The first kappa shape index (κ1) is 14.5. The van der Waals surface area contributed by atoms with Gasteiger partial charge < -0.3 is 15.6 Å². The molecule has 15 heavy (non-hydrogen) atoms. The van der Waals surface area contributed by atoms with Crippen molar-refractivity contribution in [3.8, 4) is 0 Å². The molecule has 1 rings (SSSR count). The van der Waals surface area contributed by atoms with Crippen LogP contribution in [0.25, 0.3) is 0 Å². The van der Waals surface area contributed by atoms with Crippen molar-refractivity contribution in [2.75, 3.05) is 7.11 Å². The number of nitrogens with two attached hydrogens (primary N) is 1. The Morgan fingerprint density at radius 2 is 1.87 bits per heavy atom. The monoisotopic (exact) mass is 249 g/mol. The predicted octanol–water partition coefficient (Wildman–Crippen LogP) is 0.366. The molecule has 0 saturated heterocycles. The molecule has 4 nitrogen and oxygen atoms in total. The molecule has 0 radical (unpaired) electrons. The summed E-state index contributed by atoms with van der Waals surface area (Å²) < 4.78 is 40.6. The SMILES string of the molecule is COC(=O)C1(N)CC(O)(C(F)(F)F)C1.Cl. The van der Waals surface area contributed by atoms with E-state index >= 15 is 0 Å². The lowest BCUT2D eigenvalue weighted by atomic mass is 9.65. The number of rotatable bonds is 1. The molecule has 0 spiro atoms. The molecule has 1 aliphatic rings. The van der Waals surface area contributed by atoms with Gasteiger partial charge in [0.15, 0.2) is 5.60 Å². The van der Waals surface area contributed by atoms with E-state index in [1.165, 1.54) is 0 Å². The molecular weight excluding hydrogens is 239 g/mol. The molecule has 0 aliphatic heterocycles. The zero-order valence-electron chi connectivity index (χ0n) is 7.80. The highest BCUT2D eigenvalue weighted by molar-refractivity contribution is 5.85. The first-order valence-electron chi connectivity index (χ1n) is 3.81. The Hall–Kier alpha value is -0.530. The minimum absolute atomic E-state index is 0. The number of halogens is 4. The molecule has 8 heteroatoms. The number of ether oxygens (including phenoxy) is 1. The predicted molar refractivity (Wildman–Crippen MR) is 46.4 cm³/mol. The van der Waals surface area contributed by atoms with Crippen LogP contribution in [0.15, 0.2) is 0 Å².